The predicted octanol–water partition coefficient (Wildman–Crippen LogP) is 17.0. The number of anilines is 18. The zero-order valence-corrected chi connectivity index (χ0v) is 50.1. The molecule has 6 nitrogen and oxygen atoms in total. The Morgan fingerprint density at radius 3 is 1.03 bits per heavy atom. The Balaban J connectivity index is 0.977. The van der Waals surface area contributed by atoms with Gasteiger partial charge in [0.2, 0.25) is 0 Å². The standard InChI is InChI=1S/C80H54B2N6Se/c1-9-29-55(30-10-1)83(56-31-11-2-12-32-56)63-49-72-77-73(50-63)86(60-39-19-6-20-40-60)70-54-71-68(53-67(70)81(77)66-46-26-27-47-69(66)85(72)59-37-17-5-18-38-59)82-78-74(87(71)61-41-21-7-22-42-61)51-64(84(57-33-13-3-14-34-57)58-35-15-4-16-36-58)52-75(78)88(62-43-23-8-24-44-62)79-65-45-25-28-48-76(65)89-80(79)82/h1-54H. The van der Waals surface area contributed by atoms with Crippen LogP contribution in [0.2, 0.25) is 0 Å². The van der Waals surface area contributed by atoms with Crippen LogP contribution in [0.4, 0.5) is 102 Å². The third-order valence-corrected chi connectivity index (χ3v) is 20.8. The van der Waals surface area contributed by atoms with E-state index < -0.39 is 0 Å². The summed E-state index contributed by atoms with van der Waals surface area (Å²) in [7, 11) is 0. The summed E-state index contributed by atoms with van der Waals surface area (Å²) in [6.07, 6.45) is 0. The molecule has 4 aliphatic rings. The van der Waals surface area contributed by atoms with Crippen LogP contribution in [0.15, 0.2) is 328 Å². The van der Waals surface area contributed by atoms with Gasteiger partial charge in [0.15, 0.2) is 0 Å². The average Bonchev–Trinajstić information content (AvgIpc) is 1.26. The SMILES string of the molecule is c1ccc(N(c2ccccc2)c2cc3c4c(c2)N(c2ccccc2)c2cc5c(cc2B4c2ccccc2N3c2ccccc2)B2c3[se]c4ccccc4c3N(c3ccccc3)c3cc(N(c4ccccc4)c4ccccc4)cc(c32)N5c2ccccc2)cc1. The first kappa shape index (κ1) is 51.3. The van der Waals surface area contributed by atoms with E-state index in [4.69, 9.17) is 0 Å². The molecular formula is C80H54B2N6Se. The average molecular weight is 1200 g/mol. The van der Waals surface area contributed by atoms with Crippen LogP contribution >= 0.6 is 0 Å². The van der Waals surface area contributed by atoms with E-state index in [2.05, 4.69) is 357 Å². The maximum atomic E-state index is 2.67. The minimum atomic E-state index is -0.143. The molecule has 9 heteroatoms. The minimum Gasteiger partial charge on any atom is -0.0602 e. The van der Waals surface area contributed by atoms with Gasteiger partial charge in [-0.15, -0.1) is 0 Å². The number of nitrogens with zero attached hydrogens (tertiary/aromatic N) is 6. The van der Waals surface area contributed by atoms with Crippen LogP contribution in [0, 0.1) is 0 Å². The second-order valence-electron chi connectivity index (χ2n) is 23.2. The molecule has 0 aliphatic carbocycles. The van der Waals surface area contributed by atoms with E-state index in [1.807, 2.05) is 0 Å². The number of benzene rings is 13. The second kappa shape index (κ2) is 20.9. The number of para-hydroxylation sites is 9. The fraction of sp³-hybridized carbons (Fsp3) is 0. The molecule has 0 fully saturated rings. The van der Waals surface area contributed by atoms with Gasteiger partial charge in [0.1, 0.15) is 0 Å². The molecule has 0 bridgehead atoms. The molecule has 0 radical (unpaired) electrons. The number of rotatable bonds is 10. The summed E-state index contributed by atoms with van der Waals surface area (Å²) in [4.78, 5) is 15.2. The molecule has 416 valence electrons. The normalized spacial score (nSPS) is 13.0. The third-order valence-electron chi connectivity index (χ3n) is 18.3. The summed E-state index contributed by atoms with van der Waals surface area (Å²) >= 11 is -0.0112. The largest absolute Gasteiger partial charge is 0.0602 e. The molecule has 0 saturated carbocycles. The Bertz CT molecular complexity index is 4920. The van der Waals surface area contributed by atoms with Gasteiger partial charge in [-0.3, -0.25) is 0 Å². The summed E-state index contributed by atoms with van der Waals surface area (Å²) < 4.78 is 2.89. The Labute approximate surface area is 525 Å². The molecule has 0 atom stereocenters. The van der Waals surface area contributed by atoms with E-state index in [0.29, 0.717) is 0 Å². The van der Waals surface area contributed by atoms with Gasteiger partial charge in [-0.25, -0.2) is 0 Å². The molecule has 0 N–H and O–H groups in total. The fourth-order valence-electron chi connectivity index (χ4n) is 14.7. The van der Waals surface area contributed by atoms with Gasteiger partial charge in [0.05, 0.1) is 0 Å². The Morgan fingerprint density at radius 2 is 0.584 bits per heavy atom. The van der Waals surface area contributed by atoms with Crippen molar-refractivity contribution in [3.8, 4) is 0 Å². The van der Waals surface area contributed by atoms with Gasteiger partial charge in [-0.05, 0) is 24.3 Å². The topological polar surface area (TPSA) is 19.4 Å². The fourth-order valence-corrected chi connectivity index (χ4v) is 17.5. The van der Waals surface area contributed by atoms with Gasteiger partial charge in [0, 0.05) is 0 Å². The Kier molecular flexibility index (Phi) is 12.0. The molecule has 0 amide bonds. The summed E-state index contributed by atoms with van der Waals surface area (Å²) in [6.45, 7) is -0.229. The molecule has 0 unspecified atom stereocenters. The Morgan fingerprint density at radius 1 is 0.247 bits per heavy atom. The number of hydrogen-bond donors (Lipinski definition) is 0. The predicted molar refractivity (Wildman–Crippen MR) is 378 cm³/mol. The van der Waals surface area contributed by atoms with Gasteiger partial charge < -0.3 is 0 Å². The van der Waals surface area contributed by atoms with E-state index in [1.165, 1.54) is 64.0 Å². The van der Waals surface area contributed by atoms with Crippen LogP contribution in [0.25, 0.3) is 9.65 Å². The molecule has 13 aromatic carbocycles. The monoisotopic (exact) mass is 1200 g/mol. The maximum absolute atomic E-state index is 2.67. The van der Waals surface area contributed by atoms with Crippen LogP contribution in [0.3, 0.4) is 0 Å². The van der Waals surface area contributed by atoms with E-state index >= 15 is 0 Å². The van der Waals surface area contributed by atoms with E-state index in [9.17, 15) is 0 Å². The zero-order chi connectivity index (χ0) is 58.5. The van der Waals surface area contributed by atoms with Gasteiger partial charge >= 0.3 is 462 Å². The number of fused-ring (bicyclic) bond motifs is 10. The van der Waals surface area contributed by atoms with Gasteiger partial charge in [-0.2, -0.15) is 0 Å². The number of hydrogen-bond acceptors (Lipinski definition) is 6. The van der Waals surface area contributed by atoms with Gasteiger partial charge in [-0.1, -0.05) is 42.5 Å². The van der Waals surface area contributed by atoms with Crippen molar-refractivity contribution in [1.29, 1.82) is 0 Å². The minimum absolute atomic E-state index is 0.0112. The van der Waals surface area contributed by atoms with Crippen molar-refractivity contribution in [3.05, 3.63) is 328 Å². The van der Waals surface area contributed by atoms with Crippen molar-refractivity contribution in [3.63, 3.8) is 0 Å². The van der Waals surface area contributed by atoms with Crippen LogP contribution in [0.5, 0.6) is 0 Å². The first-order chi connectivity index (χ1) is 44.2. The molecule has 0 spiro atoms. The van der Waals surface area contributed by atoms with Crippen molar-refractivity contribution in [2.45, 2.75) is 0 Å². The van der Waals surface area contributed by atoms with E-state index in [0.717, 1.165) is 79.6 Å². The summed E-state index contributed by atoms with van der Waals surface area (Å²) in [5, 5.41) is 1.31. The molecule has 89 heavy (non-hydrogen) atoms. The van der Waals surface area contributed by atoms with Crippen LogP contribution in [-0.2, 0) is 0 Å². The first-order valence-electron chi connectivity index (χ1n) is 30.6. The molecule has 4 aliphatic heterocycles. The Hall–Kier alpha value is -11.0. The molecule has 1 aromatic heterocycles. The van der Waals surface area contributed by atoms with Gasteiger partial charge in [0.25, 0.3) is 0 Å². The van der Waals surface area contributed by atoms with Crippen LogP contribution < -0.4 is 61.1 Å². The summed E-state index contributed by atoms with van der Waals surface area (Å²) in [5.41, 5.74) is 26.8. The smallest absolute Gasteiger partial charge is 0.0380 e. The first-order valence-corrected chi connectivity index (χ1v) is 32.3. The molecule has 18 rings (SSSR count). The molecule has 5 heterocycles. The van der Waals surface area contributed by atoms with Crippen molar-refractivity contribution in [2.24, 2.45) is 0 Å². The second-order valence-corrected chi connectivity index (χ2v) is 25.5. The summed E-state index contributed by atoms with van der Waals surface area (Å²) in [6, 6.07) is 121. The van der Waals surface area contributed by atoms with Crippen molar-refractivity contribution < 1.29 is 0 Å². The van der Waals surface area contributed by atoms with Crippen molar-refractivity contribution in [1.82, 2.24) is 0 Å². The van der Waals surface area contributed by atoms with E-state index in [1.54, 1.807) is 0 Å². The zero-order valence-electron chi connectivity index (χ0n) is 48.4. The van der Waals surface area contributed by atoms with E-state index in [-0.39, 0.29) is 27.9 Å². The summed E-state index contributed by atoms with van der Waals surface area (Å²) in [5.74, 6) is 0. The molecule has 0 saturated heterocycles. The van der Waals surface area contributed by atoms with Crippen LogP contribution in [-0.4, -0.2) is 27.9 Å². The van der Waals surface area contributed by atoms with Crippen molar-refractivity contribution >= 4 is 172 Å². The van der Waals surface area contributed by atoms with Crippen LogP contribution in [0.1, 0.15) is 0 Å². The maximum Gasteiger partial charge on any atom is -0.0380 e. The third kappa shape index (κ3) is 8.13. The molecule has 14 aromatic rings. The van der Waals surface area contributed by atoms with Crippen molar-refractivity contribution in [2.75, 3.05) is 29.4 Å². The molecular weight excluding hydrogens is 1150 g/mol. The quantitative estimate of drug-likeness (QED) is 0.126.